The zero-order valence-electron chi connectivity index (χ0n) is 18.2. The van der Waals surface area contributed by atoms with Crippen molar-refractivity contribution < 1.29 is 14.2 Å². The van der Waals surface area contributed by atoms with Crippen LogP contribution in [-0.4, -0.2) is 61.5 Å². The third-order valence-electron chi connectivity index (χ3n) is 8.52. The van der Waals surface area contributed by atoms with Crippen molar-refractivity contribution >= 4 is 5.69 Å². The van der Waals surface area contributed by atoms with Gasteiger partial charge in [0.05, 0.1) is 12.2 Å². The number of hydrogen-bond donors (Lipinski definition) is 1. The van der Waals surface area contributed by atoms with Gasteiger partial charge in [0.2, 0.25) is 0 Å². The standard InChI is InChI=1S/C24H37FN2O2/c1-23(2)18-8-10-24(23,3)22(16-18)29-15-9-21(28)17-26-11-13-27(14-12-26)20-6-4-19(25)5-7-20/h4-7,18,21-22,28H,8-17H2,1-3H3/t18-,21+,22-,24-/m1/s1. The molecule has 0 unspecified atom stereocenters. The molecule has 29 heavy (non-hydrogen) atoms. The molecule has 4 nitrogen and oxygen atoms in total. The molecular weight excluding hydrogens is 367 g/mol. The summed E-state index contributed by atoms with van der Waals surface area (Å²) in [6, 6.07) is 6.72. The molecule has 0 spiro atoms. The lowest BCUT2D eigenvalue weighted by Gasteiger charge is -2.39. The Morgan fingerprint density at radius 3 is 2.41 bits per heavy atom. The molecule has 4 rings (SSSR count). The summed E-state index contributed by atoms with van der Waals surface area (Å²) in [6.45, 7) is 12.2. The second-order valence-electron chi connectivity index (χ2n) is 10.2. The molecule has 2 aliphatic carbocycles. The van der Waals surface area contributed by atoms with E-state index in [4.69, 9.17) is 4.74 Å². The van der Waals surface area contributed by atoms with E-state index < -0.39 is 0 Å². The Bertz CT molecular complexity index is 687. The lowest BCUT2D eigenvalue weighted by molar-refractivity contribution is -0.0564. The van der Waals surface area contributed by atoms with Crippen molar-refractivity contribution in [2.75, 3.05) is 44.2 Å². The summed E-state index contributed by atoms with van der Waals surface area (Å²) in [6.07, 6.45) is 4.52. The highest BCUT2D eigenvalue weighted by Gasteiger charge is 2.61. The van der Waals surface area contributed by atoms with Gasteiger partial charge >= 0.3 is 0 Å². The molecule has 4 atom stereocenters. The Morgan fingerprint density at radius 1 is 1.14 bits per heavy atom. The molecule has 162 valence electrons. The Hall–Kier alpha value is -1.17. The number of benzene rings is 1. The first-order valence-corrected chi connectivity index (χ1v) is 11.3. The Kier molecular flexibility index (Phi) is 5.93. The second-order valence-corrected chi connectivity index (χ2v) is 10.2. The smallest absolute Gasteiger partial charge is 0.123 e. The average Bonchev–Trinajstić information content (AvgIpc) is 3.03. The van der Waals surface area contributed by atoms with Gasteiger partial charge in [-0.15, -0.1) is 0 Å². The number of rotatable bonds is 7. The summed E-state index contributed by atoms with van der Waals surface area (Å²) in [4.78, 5) is 4.61. The van der Waals surface area contributed by atoms with Crippen LogP contribution in [0.25, 0.3) is 0 Å². The van der Waals surface area contributed by atoms with Gasteiger partial charge in [-0.25, -0.2) is 4.39 Å². The molecule has 0 amide bonds. The summed E-state index contributed by atoms with van der Waals surface area (Å²) in [5.74, 6) is 0.598. The zero-order valence-corrected chi connectivity index (χ0v) is 18.2. The van der Waals surface area contributed by atoms with E-state index in [9.17, 15) is 9.50 Å². The number of fused-ring (bicyclic) bond motifs is 2. The van der Waals surface area contributed by atoms with Crippen molar-refractivity contribution in [2.24, 2.45) is 16.7 Å². The molecule has 2 saturated carbocycles. The van der Waals surface area contributed by atoms with Crippen LogP contribution >= 0.6 is 0 Å². The van der Waals surface area contributed by atoms with E-state index in [1.54, 1.807) is 0 Å². The molecule has 1 aromatic rings. The quantitative estimate of drug-likeness (QED) is 0.747. The number of halogens is 1. The summed E-state index contributed by atoms with van der Waals surface area (Å²) in [5.41, 5.74) is 1.74. The Labute approximate surface area is 175 Å². The van der Waals surface area contributed by atoms with Crippen molar-refractivity contribution in [1.29, 1.82) is 0 Å². The zero-order chi connectivity index (χ0) is 20.6. The van der Waals surface area contributed by atoms with Crippen molar-refractivity contribution in [3.8, 4) is 0 Å². The summed E-state index contributed by atoms with van der Waals surface area (Å²) < 4.78 is 19.4. The van der Waals surface area contributed by atoms with Crippen LogP contribution in [0.15, 0.2) is 24.3 Å². The second kappa shape index (κ2) is 8.16. The van der Waals surface area contributed by atoms with E-state index in [0.29, 0.717) is 36.5 Å². The van der Waals surface area contributed by atoms with E-state index in [1.807, 2.05) is 12.1 Å². The molecule has 1 N–H and O–H groups in total. The fourth-order valence-corrected chi connectivity index (χ4v) is 5.96. The number of aliphatic hydroxyl groups is 1. The lowest BCUT2D eigenvalue weighted by Crippen LogP contribution is -2.48. The minimum absolute atomic E-state index is 0.194. The highest BCUT2D eigenvalue weighted by Crippen LogP contribution is 2.66. The number of β-amino-alcohol motifs (C(OH)–C–C–N with tert-alkyl or cyclic N) is 1. The van der Waals surface area contributed by atoms with Gasteiger partial charge in [-0.05, 0) is 66.7 Å². The van der Waals surface area contributed by atoms with E-state index in [1.165, 1.54) is 31.4 Å². The summed E-state index contributed by atoms with van der Waals surface area (Å²) >= 11 is 0. The Morgan fingerprint density at radius 2 is 1.83 bits per heavy atom. The number of piperazine rings is 1. The first kappa shape index (κ1) is 21.1. The van der Waals surface area contributed by atoms with Crippen LogP contribution in [0.2, 0.25) is 0 Å². The van der Waals surface area contributed by atoms with Crippen LogP contribution in [0, 0.1) is 22.6 Å². The molecule has 0 aromatic heterocycles. The topological polar surface area (TPSA) is 35.9 Å². The molecule has 5 heteroatoms. The first-order valence-electron chi connectivity index (χ1n) is 11.3. The van der Waals surface area contributed by atoms with Crippen LogP contribution in [0.5, 0.6) is 0 Å². The maximum atomic E-state index is 13.1. The minimum Gasteiger partial charge on any atom is -0.392 e. The van der Waals surface area contributed by atoms with E-state index in [2.05, 4.69) is 30.6 Å². The number of hydrogen-bond acceptors (Lipinski definition) is 4. The van der Waals surface area contributed by atoms with Gasteiger partial charge in [0.15, 0.2) is 0 Å². The van der Waals surface area contributed by atoms with Crippen LogP contribution < -0.4 is 4.90 Å². The van der Waals surface area contributed by atoms with E-state index >= 15 is 0 Å². The molecular formula is C24H37FN2O2. The van der Waals surface area contributed by atoms with Crippen LogP contribution in [0.3, 0.4) is 0 Å². The molecule has 0 radical (unpaired) electrons. The highest BCUT2D eigenvalue weighted by molar-refractivity contribution is 5.46. The van der Waals surface area contributed by atoms with E-state index in [-0.39, 0.29) is 11.9 Å². The van der Waals surface area contributed by atoms with Gasteiger partial charge < -0.3 is 14.7 Å². The van der Waals surface area contributed by atoms with Gasteiger partial charge in [-0.2, -0.15) is 0 Å². The maximum Gasteiger partial charge on any atom is 0.123 e. The lowest BCUT2D eigenvalue weighted by atomic mass is 9.70. The van der Waals surface area contributed by atoms with Crippen LogP contribution in [0.4, 0.5) is 10.1 Å². The van der Waals surface area contributed by atoms with E-state index in [0.717, 1.165) is 37.8 Å². The van der Waals surface area contributed by atoms with Crippen LogP contribution in [-0.2, 0) is 4.74 Å². The minimum atomic E-state index is -0.341. The summed E-state index contributed by atoms with van der Waals surface area (Å²) in [7, 11) is 0. The normalized spacial score (nSPS) is 32.7. The van der Waals surface area contributed by atoms with Gasteiger partial charge in [0.25, 0.3) is 0 Å². The largest absolute Gasteiger partial charge is 0.392 e. The molecule has 1 aliphatic heterocycles. The molecule has 1 heterocycles. The monoisotopic (exact) mass is 404 g/mol. The third kappa shape index (κ3) is 4.06. The molecule has 2 bridgehead atoms. The maximum absolute atomic E-state index is 13.1. The Balaban J connectivity index is 1.17. The SMILES string of the molecule is CC1(C)[C@@H]2CC[C@]1(C)[C@H](OCC[C@H](O)CN1CCN(c3ccc(F)cc3)CC1)C2. The highest BCUT2D eigenvalue weighted by atomic mass is 19.1. The van der Waals surface area contributed by atoms with Gasteiger partial charge in [-0.3, -0.25) is 4.90 Å². The number of aliphatic hydroxyl groups excluding tert-OH is 1. The summed E-state index contributed by atoms with van der Waals surface area (Å²) in [5, 5.41) is 10.5. The van der Waals surface area contributed by atoms with Crippen molar-refractivity contribution in [3.05, 3.63) is 30.1 Å². The molecule has 3 fully saturated rings. The van der Waals surface area contributed by atoms with Crippen molar-refractivity contribution in [2.45, 2.75) is 58.7 Å². The van der Waals surface area contributed by atoms with Crippen molar-refractivity contribution in [1.82, 2.24) is 4.90 Å². The van der Waals surface area contributed by atoms with Crippen molar-refractivity contribution in [3.63, 3.8) is 0 Å². The fourth-order valence-electron chi connectivity index (χ4n) is 5.96. The number of nitrogens with zero attached hydrogens (tertiary/aromatic N) is 2. The predicted octanol–water partition coefficient (Wildman–Crippen LogP) is 3.93. The molecule has 1 aromatic carbocycles. The fraction of sp³-hybridized carbons (Fsp3) is 0.750. The average molecular weight is 405 g/mol. The molecule has 3 aliphatic rings. The van der Waals surface area contributed by atoms with Gasteiger partial charge in [-0.1, -0.05) is 20.8 Å². The van der Waals surface area contributed by atoms with Gasteiger partial charge in [0.1, 0.15) is 5.82 Å². The van der Waals surface area contributed by atoms with Crippen LogP contribution in [0.1, 0.15) is 46.5 Å². The van der Waals surface area contributed by atoms with Gasteiger partial charge in [0, 0.05) is 45.0 Å². The third-order valence-corrected chi connectivity index (χ3v) is 8.52. The predicted molar refractivity (Wildman–Crippen MR) is 115 cm³/mol. The molecule has 1 saturated heterocycles. The number of ether oxygens (including phenoxy) is 1. The first-order chi connectivity index (χ1) is 13.8. The number of anilines is 1.